The van der Waals surface area contributed by atoms with Crippen LogP contribution in [0.25, 0.3) is 99.5 Å². The van der Waals surface area contributed by atoms with Crippen molar-refractivity contribution in [3.63, 3.8) is 0 Å². The summed E-state index contributed by atoms with van der Waals surface area (Å²) < 4.78 is 184. The van der Waals surface area contributed by atoms with Gasteiger partial charge in [-0.1, -0.05) is 139 Å². The SMILES string of the molecule is [2H]c1c([2H])c([2H])c(-c2nc(-c3c([2H])c([2H])c4oc5c([2H])c(-c6cccc7ccccc67)c6c([2H])c([2H])c([2H])c([2H])c6c5c4c3[2H])nc(-c3c([2H])c([2H])c([2H])c4c([2H])c([2H])c([2H])c([2H])c34)n2)c([2H])c1[2H]. The first-order valence-electron chi connectivity index (χ1n) is 24.8. The van der Waals surface area contributed by atoms with Crippen LogP contribution in [0.3, 0.4) is 0 Å². The summed E-state index contributed by atoms with van der Waals surface area (Å²) in [4.78, 5) is 13.3. The van der Waals surface area contributed by atoms with Gasteiger partial charge in [-0.25, -0.2) is 15.0 Å². The molecule has 0 saturated heterocycles. The zero-order valence-electron chi connectivity index (χ0n) is 44.8. The van der Waals surface area contributed by atoms with Crippen LogP contribution in [-0.2, 0) is 0 Å². The van der Waals surface area contributed by atoms with E-state index in [-0.39, 0.29) is 38.7 Å². The topological polar surface area (TPSA) is 51.8 Å². The minimum atomic E-state index is -0.832. The number of benzene rings is 8. The lowest BCUT2D eigenvalue weighted by atomic mass is 9.92. The molecule has 0 amide bonds. The molecule has 228 valence electrons. The fourth-order valence-electron chi connectivity index (χ4n) is 5.91. The van der Waals surface area contributed by atoms with Gasteiger partial charge in [0.25, 0.3) is 0 Å². The molecular weight excluding hydrogens is 599 g/mol. The monoisotopic (exact) mass is 645 g/mol. The molecule has 8 aromatic carbocycles. The highest BCUT2D eigenvalue weighted by molar-refractivity contribution is 6.23. The van der Waals surface area contributed by atoms with Crippen molar-refractivity contribution in [2.24, 2.45) is 0 Å². The summed E-state index contributed by atoms with van der Waals surface area (Å²) in [6, 6.07) is -2.21. The van der Waals surface area contributed by atoms with Gasteiger partial charge in [-0.2, -0.15) is 0 Å². The Bertz CT molecular complexity index is 4000. The molecule has 0 bridgehead atoms. The van der Waals surface area contributed by atoms with Crippen molar-refractivity contribution in [2.45, 2.75) is 0 Å². The summed E-state index contributed by atoms with van der Waals surface area (Å²) in [6.07, 6.45) is 0. The number of hydrogen-bond donors (Lipinski definition) is 0. The molecule has 0 unspecified atom stereocenters. The molecule has 10 aromatic rings. The van der Waals surface area contributed by atoms with E-state index in [9.17, 15) is 8.22 Å². The molecule has 0 aliphatic carbocycles. The highest BCUT2D eigenvalue weighted by atomic mass is 16.3. The zero-order valence-corrected chi connectivity index (χ0v) is 24.8. The Morgan fingerprint density at radius 2 is 1.12 bits per heavy atom. The van der Waals surface area contributed by atoms with Crippen LogP contribution < -0.4 is 0 Å². The van der Waals surface area contributed by atoms with Gasteiger partial charge in [0.15, 0.2) is 17.5 Å². The molecule has 0 atom stereocenters. The minimum Gasteiger partial charge on any atom is -0.456 e. The van der Waals surface area contributed by atoms with Gasteiger partial charge in [-0.05, 0) is 67.6 Å². The van der Waals surface area contributed by atoms with Crippen LogP contribution in [0.5, 0.6) is 0 Å². The second-order valence-corrected chi connectivity index (χ2v) is 10.8. The van der Waals surface area contributed by atoms with Gasteiger partial charge in [-0.15, -0.1) is 0 Å². The van der Waals surface area contributed by atoms with Crippen LogP contribution >= 0.6 is 0 Å². The number of hydrogen-bond acceptors (Lipinski definition) is 4. The number of furan rings is 1. The van der Waals surface area contributed by atoms with Crippen molar-refractivity contribution in [3.8, 4) is 45.3 Å². The van der Waals surface area contributed by atoms with Crippen molar-refractivity contribution >= 4 is 54.3 Å². The van der Waals surface area contributed by atoms with Gasteiger partial charge in [-0.3, -0.25) is 0 Å². The molecule has 2 heterocycles. The van der Waals surface area contributed by atoms with E-state index >= 15 is 0 Å². The Hall–Kier alpha value is -6.65. The lowest BCUT2D eigenvalue weighted by molar-refractivity contribution is 0.669. The Labute approximate surface area is 310 Å². The lowest BCUT2D eigenvalue weighted by Crippen LogP contribution is -2.00. The fraction of sp³-hybridized carbons (Fsp3) is 0. The molecule has 0 aliphatic rings. The summed E-state index contributed by atoms with van der Waals surface area (Å²) in [5.74, 6) is -2.16. The van der Waals surface area contributed by atoms with Crippen molar-refractivity contribution in [1.82, 2.24) is 15.0 Å². The van der Waals surface area contributed by atoms with Gasteiger partial charge in [0, 0.05) is 27.5 Å². The third-order valence-corrected chi connectivity index (χ3v) is 8.06. The third-order valence-electron chi connectivity index (χ3n) is 8.06. The average Bonchev–Trinajstić information content (AvgIpc) is 3.75. The van der Waals surface area contributed by atoms with E-state index in [1.54, 1.807) is 30.3 Å². The Morgan fingerprint density at radius 3 is 2.02 bits per heavy atom. The van der Waals surface area contributed by atoms with E-state index in [1.165, 1.54) is 0 Å². The smallest absolute Gasteiger partial charge is 0.164 e. The highest BCUT2D eigenvalue weighted by Crippen LogP contribution is 2.42. The summed E-state index contributed by atoms with van der Waals surface area (Å²) in [7, 11) is 0. The molecule has 0 aliphatic heterocycles. The maximum absolute atomic E-state index is 9.82. The largest absolute Gasteiger partial charge is 0.456 e. The van der Waals surface area contributed by atoms with E-state index < -0.39 is 165 Å². The molecule has 0 saturated carbocycles. The van der Waals surface area contributed by atoms with Gasteiger partial charge < -0.3 is 4.42 Å². The van der Waals surface area contributed by atoms with Crippen molar-refractivity contribution in [1.29, 1.82) is 0 Å². The van der Waals surface area contributed by atoms with Crippen molar-refractivity contribution in [2.75, 3.05) is 0 Å². The summed E-state index contributed by atoms with van der Waals surface area (Å²) in [5, 5.41) is -0.473. The van der Waals surface area contributed by atoms with E-state index in [4.69, 9.17) is 23.6 Å². The fourth-order valence-corrected chi connectivity index (χ4v) is 5.91. The number of rotatable bonds is 4. The molecule has 0 spiro atoms. The quantitative estimate of drug-likeness (QED) is 0.191. The molecule has 4 nitrogen and oxygen atoms in total. The third kappa shape index (κ3) is 4.49. The number of aromatic nitrogens is 3. The van der Waals surface area contributed by atoms with Crippen LogP contribution in [0.1, 0.15) is 27.4 Å². The van der Waals surface area contributed by atoms with Crippen LogP contribution in [0.15, 0.2) is 168 Å². The van der Waals surface area contributed by atoms with Gasteiger partial charge >= 0.3 is 0 Å². The maximum atomic E-state index is 9.82. The van der Waals surface area contributed by atoms with E-state index in [1.807, 2.05) is 12.1 Å². The normalized spacial score (nSPS) is 17.4. The first kappa shape index (κ1) is 14.2. The van der Waals surface area contributed by atoms with E-state index in [2.05, 4.69) is 15.0 Å². The minimum absolute atomic E-state index is 0.0546. The predicted octanol–water partition coefficient (Wildman–Crippen LogP) is 11.9. The van der Waals surface area contributed by atoms with Crippen LogP contribution in [-0.4, -0.2) is 15.0 Å². The lowest BCUT2D eigenvalue weighted by Gasteiger charge is -2.11. The van der Waals surface area contributed by atoms with E-state index in [0.717, 1.165) is 5.39 Å². The van der Waals surface area contributed by atoms with Crippen LogP contribution in [0.4, 0.5) is 0 Å². The molecule has 0 N–H and O–H groups in total. The second-order valence-electron chi connectivity index (χ2n) is 10.8. The molecule has 0 fully saturated rings. The zero-order chi connectivity index (χ0) is 49.7. The first-order valence-corrected chi connectivity index (χ1v) is 14.8. The Balaban J connectivity index is 1.40. The van der Waals surface area contributed by atoms with Crippen LogP contribution in [0.2, 0.25) is 0 Å². The number of fused-ring (bicyclic) bond motifs is 7. The van der Waals surface area contributed by atoms with Gasteiger partial charge in [0.2, 0.25) is 0 Å². The van der Waals surface area contributed by atoms with Crippen LogP contribution in [0, 0.1) is 0 Å². The average molecular weight is 646 g/mol. The molecule has 10 rings (SSSR count). The maximum Gasteiger partial charge on any atom is 0.164 e. The van der Waals surface area contributed by atoms with Gasteiger partial charge in [0.05, 0.1) is 27.4 Å². The number of nitrogens with zero attached hydrogens (tertiary/aromatic N) is 3. The van der Waals surface area contributed by atoms with Crippen molar-refractivity contribution < 1.29 is 31.8 Å². The van der Waals surface area contributed by atoms with Crippen molar-refractivity contribution in [3.05, 3.63) is 163 Å². The summed E-state index contributed by atoms with van der Waals surface area (Å²) >= 11 is 0. The molecule has 49 heavy (non-hydrogen) atoms. The summed E-state index contributed by atoms with van der Waals surface area (Å²) in [6.45, 7) is 0. The van der Waals surface area contributed by atoms with Gasteiger partial charge in [0.1, 0.15) is 11.2 Å². The van der Waals surface area contributed by atoms with E-state index in [0.29, 0.717) is 10.9 Å². The molecule has 0 radical (unpaired) electrons. The molecular formula is C45H27N3O. The first-order chi connectivity index (χ1) is 32.6. The molecule has 2 aromatic heterocycles. The second kappa shape index (κ2) is 11.0. The standard InChI is InChI=1S/C45H27N3O/c1-2-14-30(15-3-1)43-46-44(48-45(47-43)37-23-11-17-29-13-5-7-19-33(29)37)31-24-25-40-39(26-31)42-36-21-9-8-20-35(36)38(27-41(42)49-40)34-22-10-16-28-12-4-6-18-32(28)34/h1-27H/i1D,2D,3D,5D,7D,8D,9D,11D,13D,14D,15D,17D,19D,20D,21D,23D,24D,25D,26D,27D. The highest BCUT2D eigenvalue weighted by Gasteiger charge is 2.19. The molecule has 4 heteroatoms. The Morgan fingerprint density at radius 1 is 0.408 bits per heavy atom. The predicted molar refractivity (Wildman–Crippen MR) is 201 cm³/mol. The Kier molecular flexibility index (Phi) is 3.18. The summed E-state index contributed by atoms with van der Waals surface area (Å²) in [5.41, 5.74) is -2.14.